The summed E-state index contributed by atoms with van der Waals surface area (Å²) in [5.41, 5.74) is 0.267. The second-order valence-corrected chi connectivity index (χ2v) is 10.9. The van der Waals surface area contributed by atoms with Crippen molar-refractivity contribution in [2.75, 3.05) is 20.8 Å². The van der Waals surface area contributed by atoms with Crippen molar-refractivity contribution in [3.63, 3.8) is 0 Å². The highest BCUT2D eigenvalue weighted by molar-refractivity contribution is 7.28. The van der Waals surface area contributed by atoms with Crippen molar-refractivity contribution in [2.45, 2.75) is 66.0 Å². The van der Waals surface area contributed by atoms with E-state index in [1.54, 1.807) is 18.2 Å². The molecule has 0 aliphatic heterocycles. The third-order valence-electron chi connectivity index (χ3n) is 4.91. The number of methoxy groups -OCH3 is 2. The van der Waals surface area contributed by atoms with E-state index in [1.807, 2.05) is 20.8 Å². The zero-order valence-corrected chi connectivity index (χ0v) is 21.0. The van der Waals surface area contributed by atoms with Gasteiger partial charge in [-0.2, -0.15) is 0 Å². The molecule has 1 aromatic rings. The van der Waals surface area contributed by atoms with Gasteiger partial charge in [0.1, 0.15) is 17.1 Å². The molecule has 0 bridgehead atoms. The van der Waals surface area contributed by atoms with Crippen molar-refractivity contribution in [2.24, 2.45) is 17.3 Å². The maximum absolute atomic E-state index is 13.4. The molecule has 0 saturated heterocycles. The Morgan fingerprint density at radius 3 is 1.97 bits per heavy atom. The number of carbonyl (C=O) groups is 2. The van der Waals surface area contributed by atoms with Crippen LogP contribution in [0.2, 0.25) is 0 Å². The quantitative estimate of drug-likeness (QED) is 0.221. The van der Waals surface area contributed by atoms with Gasteiger partial charge in [0, 0.05) is 6.42 Å². The second-order valence-electron chi connectivity index (χ2n) is 9.83. The van der Waals surface area contributed by atoms with Crippen molar-refractivity contribution in [1.82, 2.24) is 0 Å². The van der Waals surface area contributed by atoms with E-state index in [0.717, 1.165) is 6.42 Å². The van der Waals surface area contributed by atoms with E-state index in [4.69, 9.17) is 14.2 Å². The Bertz CT molecular complexity index is 746. The summed E-state index contributed by atoms with van der Waals surface area (Å²) in [4.78, 5) is 26.5. The predicted octanol–water partition coefficient (Wildman–Crippen LogP) is 5.97. The fraction of sp³-hybridized carbons (Fsp3) is 0.667. The molecule has 0 radical (unpaired) electrons. The topological polar surface area (TPSA) is 78.9 Å². The Morgan fingerprint density at radius 2 is 1.55 bits per heavy atom. The molecule has 0 fully saturated rings. The third-order valence-corrected chi connectivity index (χ3v) is 5.78. The van der Waals surface area contributed by atoms with E-state index >= 15 is 0 Å². The summed E-state index contributed by atoms with van der Waals surface area (Å²) in [7, 11) is 2.50. The Balaban J connectivity index is 3.35. The van der Waals surface area contributed by atoms with Gasteiger partial charge in [-0.05, 0) is 42.2 Å². The van der Waals surface area contributed by atoms with Crippen LogP contribution >= 0.6 is 8.46 Å². The molecule has 0 aliphatic rings. The first-order valence-electron chi connectivity index (χ1n) is 10.6. The zero-order chi connectivity index (χ0) is 23.8. The van der Waals surface area contributed by atoms with Crippen molar-refractivity contribution in [3.05, 3.63) is 23.8 Å². The number of rotatable bonds is 12. The van der Waals surface area contributed by atoms with Gasteiger partial charge in [-0.25, -0.2) is 0 Å². The number of carbonyl (C=O) groups excluding carboxylic acids is 2. The van der Waals surface area contributed by atoms with Crippen molar-refractivity contribution >= 4 is 20.2 Å². The largest absolute Gasteiger partial charge is 0.496 e. The van der Waals surface area contributed by atoms with E-state index in [-0.39, 0.29) is 48.0 Å². The molecule has 31 heavy (non-hydrogen) atoms. The maximum atomic E-state index is 13.4. The minimum Gasteiger partial charge on any atom is -0.496 e. The lowest BCUT2D eigenvalue weighted by Gasteiger charge is -2.31. The molecular weight excluding hydrogens is 415 g/mol. The van der Waals surface area contributed by atoms with Crippen LogP contribution in [0, 0.1) is 17.3 Å². The summed E-state index contributed by atoms with van der Waals surface area (Å²) in [5.74, 6) is -0.108. The number of esters is 1. The fourth-order valence-electron chi connectivity index (χ4n) is 3.89. The van der Waals surface area contributed by atoms with Gasteiger partial charge < -0.3 is 14.2 Å². The smallest absolute Gasteiger partial charge is 0.324 e. The van der Waals surface area contributed by atoms with Crippen LogP contribution < -0.4 is 9.47 Å². The average Bonchev–Trinajstić information content (AvgIpc) is 2.68. The van der Waals surface area contributed by atoms with Crippen LogP contribution in [0.3, 0.4) is 0 Å². The average molecular weight is 453 g/mol. The van der Waals surface area contributed by atoms with E-state index in [2.05, 4.69) is 20.8 Å². The van der Waals surface area contributed by atoms with Gasteiger partial charge in [-0.1, -0.05) is 47.6 Å². The van der Waals surface area contributed by atoms with Crippen LogP contribution in [0.25, 0.3) is 0 Å². The van der Waals surface area contributed by atoms with Crippen LogP contribution in [0.4, 0.5) is 0 Å². The molecule has 0 saturated carbocycles. The van der Waals surface area contributed by atoms with Crippen molar-refractivity contribution in [1.29, 1.82) is 0 Å². The Kier molecular flexibility index (Phi) is 10.2. The van der Waals surface area contributed by atoms with Gasteiger partial charge in [-0.3, -0.25) is 14.2 Å². The lowest BCUT2D eigenvalue weighted by atomic mass is 9.80. The summed E-state index contributed by atoms with van der Waals surface area (Å²) >= 11 is 0. The first-order valence-corrected chi connectivity index (χ1v) is 11.5. The van der Waals surface area contributed by atoms with Crippen LogP contribution in [0.15, 0.2) is 18.2 Å². The number of Topliss-reactive ketones (excluding diaryl/α,β-unsaturated/α-hetero) is 1. The lowest BCUT2D eigenvalue weighted by molar-refractivity contribution is -0.148. The highest BCUT2D eigenvalue weighted by Gasteiger charge is 2.45. The summed E-state index contributed by atoms with van der Waals surface area (Å²) < 4.78 is 28.6. The van der Waals surface area contributed by atoms with E-state index < -0.39 is 19.6 Å². The molecule has 0 N–H and O–H groups in total. The highest BCUT2D eigenvalue weighted by atomic mass is 31.1. The minimum absolute atomic E-state index is 0.0304. The van der Waals surface area contributed by atoms with Gasteiger partial charge in [0.05, 0.1) is 20.8 Å². The van der Waals surface area contributed by atoms with Gasteiger partial charge in [0.2, 0.25) is 0 Å². The standard InChI is InChI=1S/C24H37O6P/c1-16(2)15-30-22(26)24(31-27,13-17(3)12-23(4,5)6)14-18(25)21-19(28-7)10-9-11-20(21)29-8/h9-11,16-17H,12-15H2,1-8H3. The molecule has 7 heteroatoms. The van der Waals surface area contributed by atoms with E-state index in [1.165, 1.54) is 14.2 Å². The SMILES string of the molecule is COc1cccc(OC)c1C(=O)CC(CC(C)CC(C)(C)C)(P=O)C(=O)OCC(C)C. The Hall–Kier alpha value is -1.94. The zero-order valence-electron chi connectivity index (χ0n) is 20.1. The monoisotopic (exact) mass is 452 g/mol. The minimum atomic E-state index is -1.47. The van der Waals surface area contributed by atoms with Crippen LogP contribution in [0.5, 0.6) is 11.5 Å². The first-order chi connectivity index (χ1) is 14.4. The number of ketones is 1. The number of benzene rings is 1. The fourth-order valence-corrected chi connectivity index (χ4v) is 4.62. The molecule has 174 valence electrons. The molecule has 1 rings (SSSR count). The summed E-state index contributed by atoms with van der Waals surface area (Å²) in [5, 5.41) is -1.47. The molecule has 0 amide bonds. The molecular formula is C24H37O6P. The van der Waals surface area contributed by atoms with E-state index in [0.29, 0.717) is 11.5 Å². The Morgan fingerprint density at radius 1 is 1.00 bits per heavy atom. The number of hydrogen-bond acceptors (Lipinski definition) is 6. The molecule has 0 heterocycles. The molecule has 6 nitrogen and oxygen atoms in total. The molecule has 0 aliphatic carbocycles. The van der Waals surface area contributed by atoms with Gasteiger partial charge >= 0.3 is 5.97 Å². The third kappa shape index (κ3) is 7.92. The molecule has 1 aromatic carbocycles. The summed E-state index contributed by atoms with van der Waals surface area (Å²) in [6.07, 6.45) is 0.823. The maximum Gasteiger partial charge on any atom is 0.324 e. The molecule has 2 atom stereocenters. The number of ether oxygens (including phenoxy) is 3. The molecule has 0 spiro atoms. The Labute approximate surface area is 188 Å². The van der Waals surface area contributed by atoms with Crippen LogP contribution in [-0.2, 0) is 14.1 Å². The van der Waals surface area contributed by atoms with Crippen LogP contribution in [-0.4, -0.2) is 37.7 Å². The van der Waals surface area contributed by atoms with Gasteiger partial charge in [0.15, 0.2) is 19.4 Å². The number of hydrogen-bond donors (Lipinski definition) is 0. The molecule has 2 unspecified atom stereocenters. The van der Waals surface area contributed by atoms with Crippen molar-refractivity contribution < 1.29 is 28.4 Å². The first kappa shape index (κ1) is 27.1. The van der Waals surface area contributed by atoms with Gasteiger partial charge in [0.25, 0.3) is 0 Å². The van der Waals surface area contributed by atoms with Crippen LogP contribution in [0.1, 0.15) is 71.2 Å². The summed E-state index contributed by atoms with van der Waals surface area (Å²) in [6, 6.07) is 5.03. The van der Waals surface area contributed by atoms with Crippen molar-refractivity contribution in [3.8, 4) is 11.5 Å². The second kappa shape index (κ2) is 11.6. The van der Waals surface area contributed by atoms with Gasteiger partial charge in [-0.15, -0.1) is 0 Å². The molecule has 0 aromatic heterocycles. The normalized spacial score (nSPS) is 14.7. The van der Waals surface area contributed by atoms with E-state index in [9.17, 15) is 14.2 Å². The summed E-state index contributed by atoms with van der Waals surface area (Å²) in [6.45, 7) is 12.4. The highest BCUT2D eigenvalue weighted by Crippen LogP contribution is 2.41. The lowest BCUT2D eigenvalue weighted by Crippen LogP contribution is -2.39. The predicted molar refractivity (Wildman–Crippen MR) is 122 cm³/mol.